The maximum absolute atomic E-state index is 13.1. The summed E-state index contributed by atoms with van der Waals surface area (Å²) in [6.45, 7) is 7.58. The maximum atomic E-state index is 13.1. The van der Waals surface area contributed by atoms with Crippen LogP contribution < -0.4 is 4.72 Å². The van der Waals surface area contributed by atoms with Gasteiger partial charge in [0.1, 0.15) is 6.04 Å². The standard InChI is InChI=1S/C19H29BrN2O4S/c1-4-12-26-16-6-5-11-22(13-16)19(23)18(14(2)3)21-27(24,25)17-9-7-15(20)8-10-17/h7-10,14,16,18,21H,4-6,11-13H2,1-3H3/t16?,18-/m0/s1. The first-order valence-electron chi connectivity index (χ1n) is 9.43. The summed E-state index contributed by atoms with van der Waals surface area (Å²) in [6.07, 6.45) is 2.76. The highest BCUT2D eigenvalue weighted by molar-refractivity contribution is 9.10. The first kappa shape index (κ1) is 22.3. The maximum Gasteiger partial charge on any atom is 0.241 e. The summed E-state index contributed by atoms with van der Waals surface area (Å²) in [5.41, 5.74) is 0. The van der Waals surface area contributed by atoms with Crippen molar-refractivity contribution in [1.82, 2.24) is 9.62 Å². The van der Waals surface area contributed by atoms with Gasteiger partial charge in [-0.05, 0) is 49.4 Å². The molecule has 27 heavy (non-hydrogen) atoms. The average Bonchev–Trinajstić information content (AvgIpc) is 2.64. The van der Waals surface area contributed by atoms with E-state index in [-0.39, 0.29) is 22.8 Å². The number of likely N-dealkylation sites (tertiary alicyclic amines) is 1. The summed E-state index contributed by atoms with van der Waals surface area (Å²) in [4.78, 5) is 14.9. The number of hydrogen-bond acceptors (Lipinski definition) is 4. The second-order valence-electron chi connectivity index (χ2n) is 7.22. The molecular weight excluding hydrogens is 432 g/mol. The largest absolute Gasteiger partial charge is 0.376 e. The molecule has 0 aromatic heterocycles. The lowest BCUT2D eigenvalue weighted by molar-refractivity contribution is -0.138. The zero-order valence-electron chi connectivity index (χ0n) is 16.2. The van der Waals surface area contributed by atoms with Crippen molar-refractivity contribution in [3.05, 3.63) is 28.7 Å². The van der Waals surface area contributed by atoms with Crippen LogP contribution in [0.15, 0.2) is 33.6 Å². The minimum absolute atomic E-state index is 0.0264. The number of carbonyl (C=O) groups excluding carboxylic acids is 1. The molecule has 152 valence electrons. The molecule has 1 N–H and O–H groups in total. The molecular formula is C19H29BrN2O4S. The normalized spacial score (nSPS) is 19.3. The Morgan fingerprint density at radius 3 is 2.59 bits per heavy atom. The van der Waals surface area contributed by atoms with E-state index in [0.717, 1.165) is 23.7 Å². The number of ether oxygens (including phenoxy) is 1. The van der Waals surface area contributed by atoms with Crippen molar-refractivity contribution < 1.29 is 17.9 Å². The zero-order valence-corrected chi connectivity index (χ0v) is 18.6. The molecule has 1 aliphatic rings. The fraction of sp³-hybridized carbons (Fsp3) is 0.632. The minimum atomic E-state index is -3.78. The number of nitrogens with zero attached hydrogens (tertiary/aromatic N) is 1. The van der Waals surface area contributed by atoms with E-state index in [1.54, 1.807) is 17.0 Å². The Hall–Kier alpha value is -0.960. The molecule has 1 aromatic rings. The van der Waals surface area contributed by atoms with Crippen LogP contribution in [-0.4, -0.2) is 51.1 Å². The third-order valence-electron chi connectivity index (χ3n) is 4.59. The van der Waals surface area contributed by atoms with Gasteiger partial charge in [-0.2, -0.15) is 4.72 Å². The molecule has 1 amide bonds. The van der Waals surface area contributed by atoms with Crippen molar-refractivity contribution in [3.63, 3.8) is 0 Å². The number of nitrogens with one attached hydrogen (secondary N) is 1. The minimum Gasteiger partial charge on any atom is -0.376 e. The van der Waals surface area contributed by atoms with Gasteiger partial charge in [0, 0.05) is 24.2 Å². The van der Waals surface area contributed by atoms with Gasteiger partial charge in [0.15, 0.2) is 0 Å². The molecule has 1 saturated heterocycles. The average molecular weight is 461 g/mol. The van der Waals surface area contributed by atoms with Gasteiger partial charge in [-0.3, -0.25) is 4.79 Å². The number of hydrogen-bond donors (Lipinski definition) is 1. The van der Waals surface area contributed by atoms with Gasteiger partial charge in [-0.15, -0.1) is 0 Å². The van der Waals surface area contributed by atoms with E-state index >= 15 is 0 Å². The molecule has 1 fully saturated rings. The lowest BCUT2D eigenvalue weighted by atomic mass is 10.0. The van der Waals surface area contributed by atoms with E-state index in [0.29, 0.717) is 19.7 Å². The van der Waals surface area contributed by atoms with E-state index < -0.39 is 16.1 Å². The predicted octanol–water partition coefficient (Wildman–Crippen LogP) is 3.17. The third kappa shape index (κ3) is 6.27. The van der Waals surface area contributed by atoms with E-state index in [1.165, 1.54) is 12.1 Å². The summed E-state index contributed by atoms with van der Waals surface area (Å²) < 4.78 is 34.7. The van der Waals surface area contributed by atoms with Crippen molar-refractivity contribution in [2.75, 3.05) is 19.7 Å². The predicted molar refractivity (Wildman–Crippen MR) is 109 cm³/mol. The van der Waals surface area contributed by atoms with Crippen LogP contribution in [0.4, 0.5) is 0 Å². The van der Waals surface area contributed by atoms with Crippen LogP contribution in [0.2, 0.25) is 0 Å². The van der Waals surface area contributed by atoms with Gasteiger partial charge in [-0.25, -0.2) is 8.42 Å². The number of benzene rings is 1. The van der Waals surface area contributed by atoms with Crippen LogP contribution in [0.3, 0.4) is 0 Å². The number of rotatable bonds is 8. The van der Waals surface area contributed by atoms with Crippen LogP contribution >= 0.6 is 15.9 Å². The highest BCUT2D eigenvalue weighted by Gasteiger charge is 2.34. The Morgan fingerprint density at radius 1 is 1.33 bits per heavy atom. The second kappa shape index (κ2) is 10.0. The summed E-state index contributed by atoms with van der Waals surface area (Å²) in [5.74, 6) is -0.352. The van der Waals surface area contributed by atoms with E-state index in [2.05, 4.69) is 27.6 Å². The fourth-order valence-corrected chi connectivity index (χ4v) is 4.68. The number of piperidine rings is 1. The summed E-state index contributed by atoms with van der Waals surface area (Å²) in [6, 6.07) is 5.57. The van der Waals surface area contributed by atoms with Gasteiger partial charge >= 0.3 is 0 Å². The van der Waals surface area contributed by atoms with E-state index in [4.69, 9.17) is 4.74 Å². The molecule has 6 nitrogen and oxygen atoms in total. The quantitative estimate of drug-likeness (QED) is 0.646. The SMILES string of the molecule is CCCOC1CCCN(C(=O)[C@@H](NS(=O)(=O)c2ccc(Br)cc2)C(C)C)C1. The zero-order chi connectivity index (χ0) is 20.0. The van der Waals surface area contributed by atoms with Crippen LogP contribution in [0.1, 0.15) is 40.0 Å². The Kier molecular flexibility index (Phi) is 8.27. The number of amides is 1. The molecule has 1 heterocycles. The lowest BCUT2D eigenvalue weighted by Gasteiger charge is -2.35. The molecule has 1 aromatic carbocycles. The molecule has 0 radical (unpaired) electrons. The van der Waals surface area contributed by atoms with E-state index in [1.807, 2.05) is 13.8 Å². The Bertz CT molecular complexity index is 722. The molecule has 1 unspecified atom stereocenters. The first-order chi connectivity index (χ1) is 12.7. The number of sulfonamides is 1. The third-order valence-corrected chi connectivity index (χ3v) is 6.57. The van der Waals surface area contributed by atoms with Crippen molar-refractivity contribution in [2.24, 2.45) is 5.92 Å². The van der Waals surface area contributed by atoms with E-state index in [9.17, 15) is 13.2 Å². The van der Waals surface area contributed by atoms with Gasteiger partial charge < -0.3 is 9.64 Å². The number of carbonyl (C=O) groups is 1. The van der Waals surface area contributed by atoms with Crippen molar-refractivity contribution >= 4 is 31.9 Å². The molecule has 8 heteroatoms. The second-order valence-corrected chi connectivity index (χ2v) is 9.85. The lowest BCUT2D eigenvalue weighted by Crippen LogP contribution is -2.54. The van der Waals surface area contributed by atoms with Gasteiger partial charge in [0.25, 0.3) is 0 Å². The monoisotopic (exact) mass is 460 g/mol. The molecule has 0 saturated carbocycles. The van der Waals surface area contributed by atoms with Crippen molar-refractivity contribution in [3.8, 4) is 0 Å². The molecule has 0 spiro atoms. The topological polar surface area (TPSA) is 75.7 Å². The number of halogens is 1. The summed E-state index contributed by atoms with van der Waals surface area (Å²) in [5, 5.41) is 0. The van der Waals surface area contributed by atoms with Crippen LogP contribution in [0.5, 0.6) is 0 Å². The molecule has 0 bridgehead atoms. The molecule has 0 aliphatic carbocycles. The molecule has 1 aliphatic heterocycles. The van der Waals surface area contributed by atoms with Crippen LogP contribution in [-0.2, 0) is 19.6 Å². The molecule has 2 rings (SSSR count). The summed E-state index contributed by atoms with van der Waals surface area (Å²) >= 11 is 3.30. The van der Waals surface area contributed by atoms with Gasteiger partial charge in [-0.1, -0.05) is 36.7 Å². The Morgan fingerprint density at radius 2 is 2.00 bits per heavy atom. The highest BCUT2D eigenvalue weighted by atomic mass is 79.9. The van der Waals surface area contributed by atoms with Crippen LogP contribution in [0.25, 0.3) is 0 Å². The van der Waals surface area contributed by atoms with Crippen LogP contribution in [0, 0.1) is 5.92 Å². The Balaban J connectivity index is 2.11. The molecule has 2 atom stereocenters. The van der Waals surface area contributed by atoms with Crippen molar-refractivity contribution in [2.45, 2.75) is 57.1 Å². The Labute approximate surface area is 170 Å². The first-order valence-corrected chi connectivity index (χ1v) is 11.7. The highest BCUT2D eigenvalue weighted by Crippen LogP contribution is 2.19. The smallest absolute Gasteiger partial charge is 0.241 e. The van der Waals surface area contributed by atoms with Gasteiger partial charge in [0.05, 0.1) is 11.0 Å². The fourth-order valence-electron chi connectivity index (χ4n) is 3.08. The van der Waals surface area contributed by atoms with Crippen molar-refractivity contribution in [1.29, 1.82) is 0 Å². The van der Waals surface area contributed by atoms with Gasteiger partial charge in [0.2, 0.25) is 15.9 Å². The summed E-state index contributed by atoms with van der Waals surface area (Å²) in [7, 11) is -3.78.